The van der Waals surface area contributed by atoms with Crippen LogP contribution in [0.4, 0.5) is 4.79 Å². The molecule has 1 rings (SSSR count). The van der Waals surface area contributed by atoms with E-state index in [4.69, 9.17) is 19.9 Å². The average molecular weight is 356 g/mol. The lowest BCUT2D eigenvalue weighted by molar-refractivity contribution is 0.104. The summed E-state index contributed by atoms with van der Waals surface area (Å²) in [5.41, 5.74) is 6.08. The van der Waals surface area contributed by atoms with E-state index in [1.165, 1.54) is 19.3 Å². The lowest BCUT2D eigenvalue weighted by Crippen LogP contribution is -2.24. The maximum absolute atomic E-state index is 11.0. The van der Waals surface area contributed by atoms with Crippen molar-refractivity contribution in [2.24, 2.45) is 5.73 Å². The van der Waals surface area contributed by atoms with Gasteiger partial charge < -0.3 is 19.9 Å². The van der Waals surface area contributed by atoms with E-state index in [-0.39, 0.29) is 6.10 Å². The van der Waals surface area contributed by atoms with E-state index in [0.29, 0.717) is 12.8 Å². The predicted octanol–water partition coefficient (Wildman–Crippen LogP) is 4.40. The minimum atomic E-state index is -0.754. The number of benzene rings is 1. The van der Waals surface area contributed by atoms with Gasteiger partial charge in [0.15, 0.2) is 0 Å². The predicted molar refractivity (Wildman–Crippen MR) is 98.2 cm³/mol. The summed E-state index contributed by atoms with van der Waals surface area (Å²) in [5, 5.41) is 0. The van der Waals surface area contributed by atoms with Gasteiger partial charge in [-0.2, -0.15) is 0 Å². The van der Waals surface area contributed by atoms with Crippen LogP contribution in [-0.4, -0.2) is 32.2 Å². The summed E-state index contributed by atoms with van der Waals surface area (Å²) in [6.45, 7) is 4.15. The molecule has 0 bridgehead atoms. The highest BCUT2D eigenvalue weighted by Gasteiger charge is 2.17. The molecule has 0 saturated heterocycles. The molecule has 2 N–H and O–H groups in total. The maximum atomic E-state index is 11.0. The van der Waals surface area contributed by atoms with E-state index >= 15 is 0 Å². The van der Waals surface area contributed by atoms with E-state index in [1.807, 2.05) is 19.1 Å². The molecule has 1 atom stereocenters. The zero-order chi connectivity index (χ0) is 17.9. The van der Waals surface area contributed by atoms with Gasteiger partial charge in [-0.1, -0.05) is 26.7 Å². The molecule has 0 heterocycles. The second-order valence-corrected chi connectivity index (χ2v) is 6.68. The number of methoxy groups -OCH3 is 2. The fourth-order valence-electron chi connectivity index (χ4n) is 2.42. The molecule has 0 aliphatic carbocycles. The highest BCUT2D eigenvalue weighted by molar-refractivity contribution is 7.99. The molecule has 0 radical (unpaired) electrons. The fourth-order valence-corrected chi connectivity index (χ4v) is 3.46. The van der Waals surface area contributed by atoms with E-state index in [0.717, 1.165) is 27.7 Å². The summed E-state index contributed by atoms with van der Waals surface area (Å²) >= 11 is 1.77. The van der Waals surface area contributed by atoms with Crippen LogP contribution in [0.5, 0.6) is 11.5 Å². The fraction of sp³-hybridized carbons (Fsp3) is 0.611. The highest BCUT2D eigenvalue weighted by atomic mass is 32.2. The van der Waals surface area contributed by atoms with Gasteiger partial charge in [-0.15, -0.1) is 11.8 Å². The molecule has 0 aliphatic rings. The molecule has 0 aliphatic heterocycles. The molecule has 0 aromatic heterocycles. The van der Waals surface area contributed by atoms with Gasteiger partial charge >= 0.3 is 6.09 Å². The van der Waals surface area contributed by atoms with Crippen molar-refractivity contribution >= 4 is 17.9 Å². The summed E-state index contributed by atoms with van der Waals surface area (Å²) in [7, 11) is 3.31. The van der Waals surface area contributed by atoms with Crippen LogP contribution in [-0.2, 0) is 11.2 Å². The van der Waals surface area contributed by atoms with Crippen LogP contribution in [0, 0.1) is 0 Å². The Morgan fingerprint density at radius 2 is 1.88 bits per heavy atom. The van der Waals surface area contributed by atoms with Crippen molar-refractivity contribution in [3.63, 3.8) is 0 Å². The number of carbonyl (C=O) groups is 1. The largest absolute Gasteiger partial charge is 0.496 e. The first-order valence-corrected chi connectivity index (χ1v) is 9.37. The number of rotatable bonds is 11. The molecule has 0 spiro atoms. The minimum absolute atomic E-state index is 0.274. The molecular formula is C18H29NO4S. The molecule has 1 amide bonds. The third kappa shape index (κ3) is 6.51. The summed E-state index contributed by atoms with van der Waals surface area (Å²) in [6, 6.07) is 3.97. The molecule has 1 unspecified atom stereocenters. The van der Waals surface area contributed by atoms with Gasteiger partial charge in [0, 0.05) is 12.0 Å². The van der Waals surface area contributed by atoms with Crippen molar-refractivity contribution in [1.29, 1.82) is 0 Å². The van der Waals surface area contributed by atoms with Gasteiger partial charge in [-0.05, 0) is 30.7 Å². The Balaban J connectivity index is 2.94. The summed E-state index contributed by atoms with van der Waals surface area (Å²) in [6.07, 6.45) is 3.81. The van der Waals surface area contributed by atoms with Crippen molar-refractivity contribution in [1.82, 2.24) is 0 Å². The second kappa shape index (κ2) is 11.1. The first-order valence-electron chi connectivity index (χ1n) is 8.39. The van der Waals surface area contributed by atoms with E-state index in [9.17, 15) is 4.79 Å². The number of unbranched alkanes of at least 4 members (excludes halogenated alkanes) is 2. The molecule has 1 aromatic carbocycles. The zero-order valence-electron chi connectivity index (χ0n) is 15.1. The number of ether oxygens (including phenoxy) is 3. The SMILES string of the molecule is CCCCCSc1cc(OC)c(CC(CC)OC(N)=O)cc1OC. The molecule has 136 valence electrons. The number of thioether (sulfide) groups is 1. The Labute approximate surface area is 149 Å². The van der Waals surface area contributed by atoms with Crippen molar-refractivity contribution in [2.45, 2.75) is 57.0 Å². The summed E-state index contributed by atoms with van der Waals surface area (Å²) < 4.78 is 16.2. The number of carbonyl (C=O) groups excluding carboxylic acids is 1. The lowest BCUT2D eigenvalue weighted by Gasteiger charge is -2.19. The lowest BCUT2D eigenvalue weighted by atomic mass is 10.0. The Bertz CT molecular complexity index is 522. The molecular weight excluding hydrogens is 326 g/mol. The van der Waals surface area contributed by atoms with Crippen LogP contribution in [0.25, 0.3) is 0 Å². The van der Waals surface area contributed by atoms with Crippen LogP contribution in [0.15, 0.2) is 17.0 Å². The third-order valence-electron chi connectivity index (χ3n) is 3.76. The second-order valence-electron chi connectivity index (χ2n) is 5.54. The van der Waals surface area contributed by atoms with Crippen LogP contribution in [0.1, 0.15) is 45.1 Å². The Kier molecular flexibility index (Phi) is 9.45. The van der Waals surface area contributed by atoms with Crippen LogP contribution in [0.2, 0.25) is 0 Å². The molecule has 6 heteroatoms. The van der Waals surface area contributed by atoms with Gasteiger partial charge in [0.25, 0.3) is 0 Å². The number of hydrogen-bond donors (Lipinski definition) is 1. The quantitative estimate of drug-likeness (QED) is 0.470. The van der Waals surface area contributed by atoms with E-state index in [2.05, 4.69) is 6.92 Å². The third-order valence-corrected chi connectivity index (χ3v) is 4.88. The van der Waals surface area contributed by atoms with Gasteiger partial charge in [0.05, 0.1) is 19.1 Å². The van der Waals surface area contributed by atoms with Crippen LogP contribution < -0.4 is 15.2 Å². The van der Waals surface area contributed by atoms with Gasteiger partial charge in [0.2, 0.25) is 0 Å². The molecule has 0 saturated carbocycles. The van der Waals surface area contributed by atoms with Crippen LogP contribution in [0.3, 0.4) is 0 Å². The molecule has 0 fully saturated rings. The Morgan fingerprint density at radius 3 is 2.42 bits per heavy atom. The van der Waals surface area contributed by atoms with Gasteiger partial charge in [-0.25, -0.2) is 4.79 Å². The van der Waals surface area contributed by atoms with Crippen molar-refractivity contribution in [3.8, 4) is 11.5 Å². The minimum Gasteiger partial charge on any atom is -0.496 e. The standard InChI is InChI=1S/C18H29NO4S/c1-5-7-8-9-24-17-12-15(21-3)13(11-16(17)22-4)10-14(6-2)23-18(19)20/h11-12,14H,5-10H2,1-4H3,(H2,19,20). The van der Waals surface area contributed by atoms with Gasteiger partial charge in [0.1, 0.15) is 17.6 Å². The maximum Gasteiger partial charge on any atom is 0.404 e. The zero-order valence-corrected chi connectivity index (χ0v) is 15.9. The van der Waals surface area contributed by atoms with E-state index in [1.54, 1.807) is 26.0 Å². The number of amides is 1. The first kappa shape index (κ1) is 20.5. The Hall–Kier alpha value is -1.56. The normalized spacial score (nSPS) is 11.8. The number of hydrogen-bond acceptors (Lipinski definition) is 5. The highest BCUT2D eigenvalue weighted by Crippen LogP contribution is 2.37. The smallest absolute Gasteiger partial charge is 0.404 e. The number of nitrogens with two attached hydrogens (primary N) is 1. The topological polar surface area (TPSA) is 70.8 Å². The van der Waals surface area contributed by atoms with Gasteiger partial charge in [-0.3, -0.25) is 0 Å². The summed E-state index contributed by atoms with van der Waals surface area (Å²) in [5.74, 6) is 2.65. The molecule has 24 heavy (non-hydrogen) atoms. The van der Waals surface area contributed by atoms with Crippen molar-refractivity contribution in [2.75, 3.05) is 20.0 Å². The van der Waals surface area contributed by atoms with E-state index < -0.39 is 6.09 Å². The Morgan fingerprint density at radius 1 is 1.17 bits per heavy atom. The number of primary amides is 1. The first-order chi connectivity index (χ1) is 11.5. The van der Waals surface area contributed by atoms with Crippen molar-refractivity contribution in [3.05, 3.63) is 17.7 Å². The molecule has 1 aromatic rings. The molecule has 5 nitrogen and oxygen atoms in total. The summed E-state index contributed by atoms with van der Waals surface area (Å²) in [4.78, 5) is 12.1. The monoisotopic (exact) mass is 355 g/mol. The van der Waals surface area contributed by atoms with Crippen molar-refractivity contribution < 1.29 is 19.0 Å². The van der Waals surface area contributed by atoms with Crippen LogP contribution >= 0.6 is 11.8 Å². The average Bonchev–Trinajstić information content (AvgIpc) is 2.57.